The van der Waals surface area contributed by atoms with E-state index in [-0.39, 0.29) is 27.3 Å². The molecule has 7 nitrogen and oxygen atoms in total. The second-order valence-electron chi connectivity index (χ2n) is 6.02. The molecule has 2 atom stereocenters. The maximum Gasteiger partial charge on any atom is 0.251 e. The van der Waals surface area contributed by atoms with Gasteiger partial charge in [-0.15, -0.1) is 0 Å². The van der Waals surface area contributed by atoms with Gasteiger partial charge < -0.3 is 20.6 Å². The second kappa shape index (κ2) is 8.47. The van der Waals surface area contributed by atoms with Crippen LogP contribution in [0.5, 0.6) is 5.75 Å². The van der Waals surface area contributed by atoms with Crippen molar-refractivity contribution in [2.75, 3.05) is 12.9 Å². The number of nitrogens with one attached hydrogen (secondary N) is 1. The number of phenols is 1. The summed E-state index contributed by atoms with van der Waals surface area (Å²) < 4.78 is 36.3. The fourth-order valence-corrected chi connectivity index (χ4v) is 3.07. The second-order valence-corrected chi connectivity index (χ2v) is 8.04. The van der Waals surface area contributed by atoms with Crippen molar-refractivity contribution in [3.63, 3.8) is 0 Å². The molecular formula is C18H20FNO6S. The summed E-state index contributed by atoms with van der Waals surface area (Å²) in [5, 5.41) is 31.4. The van der Waals surface area contributed by atoms with Crippen LogP contribution >= 0.6 is 0 Å². The molecule has 0 aliphatic heterocycles. The number of aromatic hydroxyl groups is 1. The van der Waals surface area contributed by atoms with Crippen molar-refractivity contribution >= 4 is 15.7 Å². The van der Waals surface area contributed by atoms with Gasteiger partial charge in [-0.3, -0.25) is 4.79 Å². The molecule has 9 heteroatoms. The lowest BCUT2D eigenvalue weighted by Crippen LogP contribution is -2.41. The number of carbonyl (C=O) groups excluding carboxylic acids is 1. The van der Waals surface area contributed by atoms with Crippen LogP contribution in [0, 0.1) is 0 Å². The third-order valence-electron chi connectivity index (χ3n) is 4.03. The first-order valence-corrected chi connectivity index (χ1v) is 9.84. The zero-order valence-corrected chi connectivity index (χ0v) is 15.3. The van der Waals surface area contributed by atoms with Crippen molar-refractivity contribution in [1.82, 2.24) is 5.32 Å². The molecular weight excluding hydrogens is 377 g/mol. The van der Waals surface area contributed by atoms with Crippen LogP contribution in [-0.4, -0.2) is 48.6 Å². The maximum atomic E-state index is 13.4. The van der Waals surface area contributed by atoms with Gasteiger partial charge in [-0.2, -0.15) is 0 Å². The van der Waals surface area contributed by atoms with Crippen molar-refractivity contribution in [1.29, 1.82) is 0 Å². The van der Waals surface area contributed by atoms with Gasteiger partial charge in [-0.1, -0.05) is 18.2 Å². The lowest BCUT2D eigenvalue weighted by Gasteiger charge is -2.22. The van der Waals surface area contributed by atoms with Crippen LogP contribution in [0.25, 0.3) is 0 Å². The Balaban J connectivity index is 2.16. The summed E-state index contributed by atoms with van der Waals surface area (Å²) in [4.78, 5) is 12.3. The number of carbonyl (C=O) groups is 1. The van der Waals surface area contributed by atoms with Gasteiger partial charge in [0, 0.05) is 17.4 Å². The van der Waals surface area contributed by atoms with Crippen LogP contribution in [0.15, 0.2) is 47.4 Å². The van der Waals surface area contributed by atoms with Crippen molar-refractivity contribution in [2.45, 2.75) is 23.6 Å². The van der Waals surface area contributed by atoms with E-state index in [1.807, 2.05) is 0 Å². The topological polar surface area (TPSA) is 124 Å². The van der Waals surface area contributed by atoms with E-state index in [1.165, 1.54) is 36.4 Å². The fraction of sp³-hybridized carbons (Fsp3) is 0.278. The van der Waals surface area contributed by atoms with Crippen molar-refractivity contribution in [3.8, 4) is 5.75 Å². The Kier molecular flexibility index (Phi) is 6.53. The highest BCUT2D eigenvalue weighted by atomic mass is 32.2. The lowest BCUT2D eigenvalue weighted by molar-refractivity contribution is 0.0791. The Morgan fingerprint density at radius 2 is 1.81 bits per heavy atom. The average Bonchev–Trinajstić information content (AvgIpc) is 2.64. The third kappa shape index (κ3) is 5.03. The summed E-state index contributed by atoms with van der Waals surface area (Å²) in [7, 11) is -3.40. The largest absolute Gasteiger partial charge is 0.508 e. The summed E-state index contributed by atoms with van der Waals surface area (Å²) in [6.07, 6.45) is -0.363. The monoisotopic (exact) mass is 397 g/mol. The molecule has 146 valence electrons. The predicted molar refractivity (Wildman–Crippen MR) is 95.8 cm³/mol. The zero-order chi connectivity index (χ0) is 20.2. The summed E-state index contributed by atoms with van der Waals surface area (Å²) >= 11 is 0. The molecule has 0 saturated heterocycles. The standard InChI is InChI=1S/C18H20FNO6S/c1-27(25,26)14-6-4-11(5-7-14)17(23)15(9-19)20-18(24)12-2-3-13(10-21)16(22)8-12/h2-8,15,17,21-23H,9-10H2,1H3,(H,20,24). The third-order valence-corrected chi connectivity index (χ3v) is 5.16. The van der Waals surface area contributed by atoms with Crippen molar-refractivity contribution in [2.24, 2.45) is 0 Å². The SMILES string of the molecule is CS(=O)(=O)c1ccc(C(O)C(CF)NC(=O)c2ccc(CO)c(O)c2)cc1. The molecule has 2 aromatic rings. The smallest absolute Gasteiger partial charge is 0.251 e. The molecule has 0 aliphatic carbocycles. The van der Waals surface area contributed by atoms with E-state index in [1.54, 1.807) is 0 Å². The molecule has 27 heavy (non-hydrogen) atoms. The first-order valence-electron chi connectivity index (χ1n) is 7.95. The molecule has 4 N–H and O–H groups in total. The number of halogens is 1. The van der Waals surface area contributed by atoms with Gasteiger partial charge in [-0.05, 0) is 29.8 Å². The zero-order valence-electron chi connectivity index (χ0n) is 14.5. The van der Waals surface area contributed by atoms with Crippen LogP contribution in [0.2, 0.25) is 0 Å². The molecule has 2 unspecified atom stereocenters. The molecule has 0 aromatic heterocycles. The van der Waals surface area contributed by atoms with E-state index >= 15 is 0 Å². The Hall–Kier alpha value is -2.49. The summed E-state index contributed by atoms with van der Waals surface area (Å²) in [6, 6.07) is 7.83. The van der Waals surface area contributed by atoms with Crippen molar-refractivity contribution < 1.29 is 32.9 Å². The fourth-order valence-electron chi connectivity index (χ4n) is 2.44. The maximum absolute atomic E-state index is 13.4. The molecule has 2 aromatic carbocycles. The lowest BCUT2D eigenvalue weighted by atomic mass is 10.0. The molecule has 0 spiro atoms. The quantitative estimate of drug-likeness (QED) is 0.554. The molecule has 0 radical (unpaired) electrons. The number of sulfone groups is 1. The number of hydrogen-bond donors (Lipinski definition) is 4. The van der Waals surface area contributed by atoms with E-state index < -0.39 is 41.2 Å². The predicted octanol–water partition coefficient (Wildman–Crippen LogP) is 1.09. The summed E-state index contributed by atoms with van der Waals surface area (Å²) in [6.45, 7) is -1.47. The van der Waals surface area contributed by atoms with E-state index in [2.05, 4.69) is 5.32 Å². The Bertz CT molecular complexity index is 914. The van der Waals surface area contributed by atoms with Gasteiger partial charge in [0.15, 0.2) is 9.84 Å². The Labute approximate surface area is 156 Å². The van der Waals surface area contributed by atoms with E-state index in [0.29, 0.717) is 0 Å². The van der Waals surface area contributed by atoms with Crippen LogP contribution in [0.4, 0.5) is 4.39 Å². The van der Waals surface area contributed by atoms with Gasteiger partial charge in [0.25, 0.3) is 5.91 Å². The summed E-state index contributed by atoms with van der Waals surface area (Å²) in [5.74, 6) is -0.997. The highest BCUT2D eigenvalue weighted by Gasteiger charge is 2.24. The molecule has 0 bridgehead atoms. The first-order chi connectivity index (χ1) is 12.7. The minimum absolute atomic E-state index is 0.0303. The molecule has 0 saturated carbocycles. The molecule has 2 rings (SSSR count). The Morgan fingerprint density at radius 1 is 1.19 bits per heavy atom. The minimum atomic E-state index is -3.40. The number of hydrogen-bond acceptors (Lipinski definition) is 6. The average molecular weight is 397 g/mol. The van der Waals surface area contributed by atoms with E-state index in [4.69, 9.17) is 5.11 Å². The van der Waals surface area contributed by atoms with Gasteiger partial charge >= 0.3 is 0 Å². The highest BCUT2D eigenvalue weighted by molar-refractivity contribution is 7.90. The number of amides is 1. The summed E-state index contributed by atoms with van der Waals surface area (Å²) in [5.41, 5.74) is 0.506. The molecule has 0 fully saturated rings. The van der Waals surface area contributed by atoms with E-state index in [0.717, 1.165) is 12.3 Å². The van der Waals surface area contributed by atoms with E-state index in [9.17, 15) is 27.8 Å². The van der Waals surface area contributed by atoms with Crippen LogP contribution in [-0.2, 0) is 16.4 Å². The number of benzene rings is 2. The normalized spacial score (nSPS) is 13.8. The van der Waals surface area contributed by atoms with Gasteiger partial charge in [0.1, 0.15) is 18.5 Å². The minimum Gasteiger partial charge on any atom is -0.508 e. The molecule has 1 amide bonds. The van der Waals surface area contributed by atoms with Gasteiger partial charge in [0.2, 0.25) is 0 Å². The van der Waals surface area contributed by atoms with Crippen molar-refractivity contribution in [3.05, 3.63) is 59.2 Å². The molecule has 0 aliphatic rings. The number of aliphatic hydroxyl groups is 2. The Morgan fingerprint density at radius 3 is 2.30 bits per heavy atom. The van der Waals surface area contributed by atoms with Crippen LogP contribution in [0.3, 0.4) is 0 Å². The van der Waals surface area contributed by atoms with Crippen LogP contribution in [0.1, 0.15) is 27.6 Å². The molecule has 0 heterocycles. The first kappa shape index (κ1) is 20.8. The van der Waals surface area contributed by atoms with Gasteiger partial charge in [0.05, 0.1) is 17.5 Å². The van der Waals surface area contributed by atoms with Gasteiger partial charge in [-0.25, -0.2) is 12.8 Å². The number of alkyl halides is 1. The number of aliphatic hydroxyl groups excluding tert-OH is 2. The van der Waals surface area contributed by atoms with Crippen LogP contribution < -0.4 is 5.32 Å². The highest BCUT2D eigenvalue weighted by Crippen LogP contribution is 2.22. The number of rotatable bonds is 7.